The maximum Gasteiger partial charge on any atom is 0.319 e. The number of anilines is 1. The Morgan fingerprint density at radius 3 is 2.35 bits per heavy atom. The molecule has 0 aliphatic carbocycles. The summed E-state index contributed by atoms with van der Waals surface area (Å²) in [5, 5.41) is 11.3. The zero-order valence-electron chi connectivity index (χ0n) is 13.2. The van der Waals surface area contributed by atoms with Crippen molar-refractivity contribution in [3.63, 3.8) is 0 Å². The number of hydrogen-bond donors (Lipinski definition) is 4. The average Bonchev–Trinajstić information content (AvgIpc) is 2.49. The van der Waals surface area contributed by atoms with E-state index in [1.165, 1.54) is 0 Å². The van der Waals surface area contributed by atoms with Gasteiger partial charge in [0, 0.05) is 36.2 Å². The SMILES string of the molecule is CCCNCCNC(=O)CCNC(=O)Nc1ccc(Br)cc1.Cl. The van der Waals surface area contributed by atoms with Gasteiger partial charge in [0.2, 0.25) is 5.91 Å². The van der Waals surface area contributed by atoms with Crippen LogP contribution >= 0.6 is 28.3 Å². The smallest absolute Gasteiger partial charge is 0.319 e. The number of urea groups is 1. The number of hydrogen-bond acceptors (Lipinski definition) is 3. The van der Waals surface area contributed by atoms with Crippen molar-refractivity contribution in [1.82, 2.24) is 16.0 Å². The molecule has 0 radical (unpaired) electrons. The molecule has 0 bridgehead atoms. The van der Waals surface area contributed by atoms with Gasteiger partial charge in [-0.15, -0.1) is 12.4 Å². The monoisotopic (exact) mass is 406 g/mol. The van der Waals surface area contributed by atoms with E-state index in [1.54, 1.807) is 12.1 Å². The summed E-state index contributed by atoms with van der Waals surface area (Å²) in [6, 6.07) is 6.95. The summed E-state index contributed by atoms with van der Waals surface area (Å²) in [6.45, 7) is 4.71. The van der Waals surface area contributed by atoms with Gasteiger partial charge in [0.15, 0.2) is 0 Å². The van der Waals surface area contributed by atoms with E-state index in [9.17, 15) is 9.59 Å². The number of halogens is 2. The van der Waals surface area contributed by atoms with E-state index in [0.29, 0.717) is 18.8 Å². The molecule has 1 aromatic rings. The molecule has 0 aromatic heterocycles. The van der Waals surface area contributed by atoms with Crippen LogP contribution in [0.5, 0.6) is 0 Å². The molecule has 0 unspecified atom stereocenters. The van der Waals surface area contributed by atoms with Crippen LogP contribution in [0.15, 0.2) is 28.7 Å². The number of benzene rings is 1. The topological polar surface area (TPSA) is 82.3 Å². The standard InChI is InChI=1S/C15H23BrN4O2.ClH/c1-2-8-17-10-11-18-14(21)7-9-19-15(22)20-13-5-3-12(16)4-6-13;/h3-6,17H,2,7-11H2,1H3,(H,18,21)(H2,19,20,22);1H. The summed E-state index contributed by atoms with van der Waals surface area (Å²) in [4.78, 5) is 23.2. The highest BCUT2D eigenvalue weighted by Crippen LogP contribution is 2.13. The largest absolute Gasteiger partial charge is 0.355 e. The van der Waals surface area contributed by atoms with Crippen molar-refractivity contribution in [2.75, 3.05) is 31.5 Å². The third-order valence-electron chi connectivity index (χ3n) is 2.79. The molecule has 0 saturated heterocycles. The van der Waals surface area contributed by atoms with Crippen LogP contribution in [0.2, 0.25) is 0 Å². The Balaban J connectivity index is 0.00000484. The van der Waals surface area contributed by atoms with Crippen molar-refractivity contribution >= 4 is 46.0 Å². The van der Waals surface area contributed by atoms with Crippen molar-refractivity contribution in [3.05, 3.63) is 28.7 Å². The Hall–Kier alpha value is -1.31. The quantitative estimate of drug-likeness (QED) is 0.475. The van der Waals surface area contributed by atoms with Gasteiger partial charge in [-0.3, -0.25) is 4.79 Å². The molecule has 1 rings (SSSR count). The van der Waals surface area contributed by atoms with Gasteiger partial charge in [-0.05, 0) is 37.2 Å². The maximum absolute atomic E-state index is 11.6. The molecule has 0 atom stereocenters. The van der Waals surface area contributed by atoms with Crippen LogP contribution < -0.4 is 21.3 Å². The molecule has 0 fully saturated rings. The zero-order chi connectivity index (χ0) is 16.2. The minimum absolute atomic E-state index is 0. The molecule has 0 saturated carbocycles. The van der Waals surface area contributed by atoms with E-state index in [-0.39, 0.29) is 30.8 Å². The minimum Gasteiger partial charge on any atom is -0.355 e. The summed E-state index contributed by atoms with van der Waals surface area (Å²) in [6.07, 6.45) is 1.34. The van der Waals surface area contributed by atoms with Crippen LogP contribution in [0.1, 0.15) is 19.8 Å². The van der Waals surface area contributed by atoms with Crippen molar-refractivity contribution in [1.29, 1.82) is 0 Å². The number of carbonyl (C=O) groups is 2. The summed E-state index contributed by atoms with van der Waals surface area (Å²) in [5.74, 6) is -0.0674. The summed E-state index contributed by atoms with van der Waals surface area (Å²) < 4.78 is 0.948. The highest BCUT2D eigenvalue weighted by atomic mass is 79.9. The summed E-state index contributed by atoms with van der Waals surface area (Å²) >= 11 is 3.33. The Labute approximate surface area is 151 Å². The minimum atomic E-state index is -0.320. The van der Waals surface area contributed by atoms with E-state index < -0.39 is 0 Å². The third kappa shape index (κ3) is 11.0. The maximum atomic E-state index is 11.6. The normalized spacial score (nSPS) is 9.65. The highest BCUT2D eigenvalue weighted by Gasteiger charge is 2.04. The van der Waals surface area contributed by atoms with E-state index in [1.807, 2.05) is 12.1 Å². The van der Waals surface area contributed by atoms with Gasteiger partial charge in [-0.25, -0.2) is 4.79 Å². The second-order valence-corrected chi connectivity index (χ2v) is 5.65. The van der Waals surface area contributed by atoms with Gasteiger partial charge < -0.3 is 21.3 Å². The molecule has 0 aliphatic rings. The Bertz CT molecular complexity index is 471. The predicted octanol–water partition coefficient (Wildman–Crippen LogP) is 2.50. The van der Waals surface area contributed by atoms with Gasteiger partial charge in [-0.1, -0.05) is 22.9 Å². The fourth-order valence-corrected chi connectivity index (χ4v) is 1.94. The first-order valence-corrected chi connectivity index (χ1v) is 8.19. The molecule has 130 valence electrons. The molecule has 1 aromatic carbocycles. The average molecular weight is 408 g/mol. The molecular weight excluding hydrogens is 384 g/mol. The second kappa shape index (κ2) is 13.2. The first kappa shape index (κ1) is 21.7. The molecule has 0 aliphatic heterocycles. The van der Waals surface area contributed by atoms with E-state index in [0.717, 1.165) is 24.0 Å². The molecule has 0 heterocycles. The second-order valence-electron chi connectivity index (χ2n) is 4.74. The van der Waals surface area contributed by atoms with Crippen molar-refractivity contribution < 1.29 is 9.59 Å². The lowest BCUT2D eigenvalue weighted by molar-refractivity contribution is -0.120. The molecule has 6 nitrogen and oxygen atoms in total. The third-order valence-corrected chi connectivity index (χ3v) is 3.32. The zero-order valence-corrected chi connectivity index (χ0v) is 15.6. The molecule has 0 spiro atoms. The van der Waals surface area contributed by atoms with E-state index in [4.69, 9.17) is 0 Å². The van der Waals surface area contributed by atoms with Gasteiger partial charge in [0.1, 0.15) is 0 Å². The first-order chi connectivity index (χ1) is 10.6. The fraction of sp³-hybridized carbons (Fsp3) is 0.467. The van der Waals surface area contributed by atoms with Crippen LogP contribution in [-0.4, -0.2) is 38.1 Å². The van der Waals surface area contributed by atoms with Crippen LogP contribution in [0, 0.1) is 0 Å². The highest BCUT2D eigenvalue weighted by molar-refractivity contribution is 9.10. The van der Waals surface area contributed by atoms with E-state index in [2.05, 4.69) is 44.1 Å². The van der Waals surface area contributed by atoms with Crippen molar-refractivity contribution in [3.8, 4) is 0 Å². The Kier molecular flexibility index (Phi) is 12.4. The lowest BCUT2D eigenvalue weighted by atomic mass is 10.3. The first-order valence-electron chi connectivity index (χ1n) is 7.39. The molecule has 4 N–H and O–H groups in total. The molecular formula is C15H24BrClN4O2. The van der Waals surface area contributed by atoms with Gasteiger partial charge in [-0.2, -0.15) is 0 Å². The lowest BCUT2D eigenvalue weighted by Crippen LogP contribution is -2.35. The van der Waals surface area contributed by atoms with Crippen LogP contribution in [0.3, 0.4) is 0 Å². The van der Waals surface area contributed by atoms with Crippen LogP contribution in [-0.2, 0) is 4.79 Å². The lowest BCUT2D eigenvalue weighted by Gasteiger charge is -2.08. The Morgan fingerprint density at radius 2 is 1.70 bits per heavy atom. The predicted molar refractivity (Wildman–Crippen MR) is 99.2 cm³/mol. The molecule has 23 heavy (non-hydrogen) atoms. The molecule has 8 heteroatoms. The summed E-state index contributed by atoms with van der Waals surface area (Å²) in [5.41, 5.74) is 0.701. The number of carbonyl (C=O) groups excluding carboxylic acids is 2. The van der Waals surface area contributed by atoms with Crippen molar-refractivity contribution in [2.45, 2.75) is 19.8 Å². The fourth-order valence-electron chi connectivity index (χ4n) is 1.68. The Morgan fingerprint density at radius 1 is 1.00 bits per heavy atom. The van der Waals surface area contributed by atoms with Crippen LogP contribution in [0.25, 0.3) is 0 Å². The van der Waals surface area contributed by atoms with Crippen LogP contribution in [0.4, 0.5) is 10.5 Å². The summed E-state index contributed by atoms with van der Waals surface area (Å²) in [7, 11) is 0. The van der Waals surface area contributed by atoms with Crippen molar-refractivity contribution in [2.24, 2.45) is 0 Å². The van der Waals surface area contributed by atoms with Gasteiger partial charge >= 0.3 is 6.03 Å². The molecule has 3 amide bonds. The number of rotatable bonds is 9. The number of nitrogens with one attached hydrogen (secondary N) is 4. The van der Waals surface area contributed by atoms with E-state index >= 15 is 0 Å². The van der Waals surface area contributed by atoms with Gasteiger partial charge in [0.05, 0.1) is 0 Å². The van der Waals surface area contributed by atoms with Gasteiger partial charge in [0.25, 0.3) is 0 Å². The number of amides is 3.